The summed E-state index contributed by atoms with van der Waals surface area (Å²) in [7, 11) is 0. The predicted molar refractivity (Wildman–Crippen MR) is 123 cm³/mol. The Balaban J connectivity index is 1.60. The van der Waals surface area contributed by atoms with Gasteiger partial charge in [-0.1, -0.05) is 55.5 Å². The van der Waals surface area contributed by atoms with Gasteiger partial charge in [0.25, 0.3) is 0 Å². The van der Waals surface area contributed by atoms with Gasteiger partial charge in [-0.2, -0.15) is 0 Å². The first-order chi connectivity index (χ1) is 14.8. The van der Waals surface area contributed by atoms with Crippen molar-refractivity contribution in [1.82, 2.24) is 9.88 Å². The molecule has 1 heterocycles. The molecule has 0 radical (unpaired) electrons. The summed E-state index contributed by atoms with van der Waals surface area (Å²) in [6.45, 7) is 4.02. The van der Waals surface area contributed by atoms with Gasteiger partial charge in [0.2, 0.25) is 0 Å². The highest BCUT2D eigenvalue weighted by molar-refractivity contribution is 5.82. The van der Waals surface area contributed by atoms with Gasteiger partial charge in [-0.3, -0.25) is 0 Å². The van der Waals surface area contributed by atoms with Crippen LogP contribution in [0.15, 0.2) is 84.6 Å². The smallest absolute Gasteiger partial charge is 0.120 e. The van der Waals surface area contributed by atoms with Crippen molar-refractivity contribution >= 4 is 10.9 Å². The van der Waals surface area contributed by atoms with Crippen LogP contribution in [0.25, 0.3) is 10.9 Å². The highest BCUT2D eigenvalue weighted by Gasteiger charge is 2.23. The molecule has 1 aliphatic carbocycles. The van der Waals surface area contributed by atoms with Crippen molar-refractivity contribution in [1.29, 1.82) is 0 Å². The first kappa shape index (κ1) is 20.5. The van der Waals surface area contributed by atoms with Gasteiger partial charge in [0.15, 0.2) is 0 Å². The molecule has 156 valence electrons. The lowest BCUT2D eigenvalue weighted by Crippen LogP contribution is -2.34. The van der Waals surface area contributed by atoms with Crippen molar-refractivity contribution in [3.63, 3.8) is 0 Å². The number of hydrogen-bond donors (Lipinski definition) is 2. The number of fused-ring (bicyclic) bond motifs is 1. The molecule has 1 aromatic heterocycles. The lowest BCUT2D eigenvalue weighted by atomic mass is 10.0. The molecule has 30 heavy (non-hydrogen) atoms. The van der Waals surface area contributed by atoms with Gasteiger partial charge in [-0.15, -0.1) is 0 Å². The van der Waals surface area contributed by atoms with Crippen molar-refractivity contribution < 1.29 is 9.84 Å². The fourth-order valence-electron chi connectivity index (χ4n) is 4.04. The molecule has 0 amide bonds. The van der Waals surface area contributed by atoms with E-state index < -0.39 is 6.10 Å². The van der Waals surface area contributed by atoms with Crippen LogP contribution in [0.1, 0.15) is 31.4 Å². The van der Waals surface area contributed by atoms with Crippen molar-refractivity contribution in [2.75, 3.05) is 19.7 Å². The quantitative estimate of drug-likeness (QED) is 0.537. The molecular weight excluding hydrogens is 372 g/mol. The van der Waals surface area contributed by atoms with Gasteiger partial charge < -0.3 is 19.7 Å². The van der Waals surface area contributed by atoms with Crippen LogP contribution in [0.5, 0.6) is 5.75 Å². The molecule has 0 spiro atoms. The normalized spacial score (nSPS) is 15.7. The lowest BCUT2D eigenvalue weighted by Gasteiger charge is -2.26. The monoisotopic (exact) mass is 402 g/mol. The van der Waals surface area contributed by atoms with Gasteiger partial charge >= 0.3 is 0 Å². The van der Waals surface area contributed by atoms with E-state index in [0.717, 1.165) is 41.6 Å². The van der Waals surface area contributed by atoms with Gasteiger partial charge in [0.1, 0.15) is 12.4 Å². The maximum absolute atomic E-state index is 11.0. The van der Waals surface area contributed by atoms with Crippen molar-refractivity contribution in [2.45, 2.75) is 31.9 Å². The average molecular weight is 403 g/mol. The summed E-state index contributed by atoms with van der Waals surface area (Å²) in [4.78, 5) is 0. The van der Waals surface area contributed by atoms with Gasteiger partial charge in [0.05, 0.1) is 12.1 Å². The molecule has 0 saturated heterocycles. The van der Waals surface area contributed by atoms with Crippen molar-refractivity contribution in [3.8, 4) is 5.75 Å². The van der Waals surface area contributed by atoms with E-state index in [-0.39, 0.29) is 6.04 Å². The fraction of sp³-hybridized carbons (Fsp3) is 0.308. The second kappa shape index (κ2) is 9.79. The minimum atomic E-state index is -0.538. The summed E-state index contributed by atoms with van der Waals surface area (Å²) < 4.78 is 8.19. The Hall–Kier alpha value is -2.82. The first-order valence-corrected chi connectivity index (χ1v) is 10.8. The van der Waals surface area contributed by atoms with E-state index in [9.17, 15) is 5.11 Å². The van der Waals surface area contributed by atoms with Crippen LogP contribution in [0.4, 0.5) is 0 Å². The molecule has 2 N–H and O–H groups in total. The maximum Gasteiger partial charge on any atom is 0.120 e. The number of nitrogens with zero attached hydrogens (tertiary/aromatic N) is 1. The third-order valence-corrected chi connectivity index (χ3v) is 5.58. The zero-order chi connectivity index (χ0) is 20.8. The minimum Gasteiger partial charge on any atom is -0.489 e. The molecule has 4 heteroatoms. The summed E-state index contributed by atoms with van der Waals surface area (Å²) in [5.74, 6) is 0.865. The standard InChI is InChI=1S/C26H30N2O2/c1-2-27-18-25(29)26(21-11-7-4-8-12-21)28-16-15-22-17-23(13-14-24(22)28)30-19-20-9-5-3-6-10-20/h4-5,7-17,25-27,29H,2-3,6,18-19H2,1H3/t25-,26+/m1/s1. The number of likely N-dealkylation sites (N-methyl/N-ethyl adjacent to an activating group) is 1. The van der Waals surface area contributed by atoms with E-state index in [1.54, 1.807) is 0 Å². The summed E-state index contributed by atoms with van der Waals surface area (Å²) in [5, 5.41) is 15.4. The van der Waals surface area contributed by atoms with E-state index in [1.165, 1.54) is 5.57 Å². The molecule has 4 nitrogen and oxygen atoms in total. The number of aliphatic hydroxyl groups is 1. The summed E-state index contributed by atoms with van der Waals surface area (Å²) in [5.41, 5.74) is 3.41. The molecule has 0 unspecified atom stereocenters. The van der Waals surface area contributed by atoms with Crippen LogP contribution < -0.4 is 10.1 Å². The first-order valence-electron chi connectivity index (χ1n) is 10.8. The summed E-state index contributed by atoms with van der Waals surface area (Å²) >= 11 is 0. The Morgan fingerprint density at radius 1 is 1.10 bits per heavy atom. The Bertz CT molecular complexity index is 1020. The number of ether oxygens (including phenoxy) is 1. The largest absolute Gasteiger partial charge is 0.489 e. The number of nitrogens with one attached hydrogen (secondary N) is 1. The van der Waals surface area contributed by atoms with E-state index >= 15 is 0 Å². The van der Waals surface area contributed by atoms with Crippen LogP contribution in [0.2, 0.25) is 0 Å². The lowest BCUT2D eigenvalue weighted by molar-refractivity contribution is 0.130. The molecule has 3 aromatic rings. The zero-order valence-electron chi connectivity index (χ0n) is 17.5. The SMILES string of the molecule is CCNC[C@@H](O)[C@H](c1ccccc1)n1ccc2cc(OCC3=CCCC=C3)ccc21. The van der Waals surface area contributed by atoms with Crippen molar-refractivity contribution in [3.05, 3.63) is 90.2 Å². The highest BCUT2D eigenvalue weighted by atomic mass is 16.5. The van der Waals surface area contributed by atoms with E-state index in [1.807, 2.05) is 24.3 Å². The minimum absolute atomic E-state index is 0.160. The van der Waals surface area contributed by atoms with Crippen molar-refractivity contribution in [2.24, 2.45) is 0 Å². The predicted octanol–water partition coefficient (Wildman–Crippen LogP) is 4.86. The highest BCUT2D eigenvalue weighted by Crippen LogP contribution is 2.30. The zero-order valence-corrected chi connectivity index (χ0v) is 17.5. The second-order valence-corrected chi connectivity index (χ2v) is 7.72. The number of allylic oxidation sites excluding steroid dienone is 2. The molecular formula is C26H30N2O2. The Kier molecular flexibility index (Phi) is 6.67. The third-order valence-electron chi connectivity index (χ3n) is 5.58. The summed E-state index contributed by atoms with van der Waals surface area (Å²) in [6.07, 6.45) is 10.3. The van der Waals surface area contributed by atoms with Crippen LogP contribution in [-0.4, -0.2) is 35.5 Å². The number of aromatic nitrogens is 1. The van der Waals surface area contributed by atoms with Crippen LogP contribution in [-0.2, 0) is 0 Å². The van der Waals surface area contributed by atoms with E-state index in [2.05, 4.69) is 71.6 Å². The van der Waals surface area contributed by atoms with Gasteiger partial charge in [-0.05, 0) is 54.8 Å². The number of hydrogen-bond acceptors (Lipinski definition) is 3. The molecule has 0 bridgehead atoms. The molecule has 0 saturated carbocycles. The Morgan fingerprint density at radius 2 is 1.97 bits per heavy atom. The number of aliphatic hydroxyl groups excluding tert-OH is 1. The molecule has 0 fully saturated rings. The fourth-order valence-corrected chi connectivity index (χ4v) is 4.04. The second-order valence-electron chi connectivity index (χ2n) is 7.72. The summed E-state index contributed by atoms with van der Waals surface area (Å²) in [6, 6.07) is 18.3. The van der Waals surface area contributed by atoms with Crippen LogP contribution in [0.3, 0.4) is 0 Å². The Labute approximate surface area is 178 Å². The Morgan fingerprint density at radius 3 is 2.73 bits per heavy atom. The van der Waals surface area contributed by atoms with Crippen LogP contribution >= 0.6 is 0 Å². The van der Waals surface area contributed by atoms with Gasteiger partial charge in [-0.25, -0.2) is 0 Å². The number of benzene rings is 2. The molecule has 2 aromatic carbocycles. The third kappa shape index (κ3) is 4.66. The average Bonchev–Trinajstić information content (AvgIpc) is 3.21. The molecule has 1 aliphatic rings. The topological polar surface area (TPSA) is 46.4 Å². The molecule has 2 atom stereocenters. The van der Waals surface area contributed by atoms with E-state index in [4.69, 9.17) is 4.74 Å². The maximum atomic E-state index is 11.0. The molecule has 4 rings (SSSR count). The number of rotatable bonds is 9. The van der Waals surface area contributed by atoms with Crippen LogP contribution in [0, 0.1) is 0 Å². The van der Waals surface area contributed by atoms with E-state index in [0.29, 0.717) is 13.2 Å². The van der Waals surface area contributed by atoms with Gasteiger partial charge in [0, 0.05) is 23.6 Å². The molecule has 0 aliphatic heterocycles.